The van der Waals surface area contributed by atoms with Gasteiger partial charge in [0, 0.05) is 30.7 Å². The summed E-state index contributed by atoms with van der Waals surface area (Å²) in [5, 5.41) is 35.4. The zero-order chi connectivity index (χ0) is 46.4. The standard InChI is InChI=1S/C27H42N7O23P3S2/c1-27(2,21(38)24(39)30-4-3-17(36)29-5-6-61-26(40)14-7-13(35)15(8-51-14)56-62(48,49)50)10-53-60(46,47)57-59(44,45)52-9-16-20(55-58(41,42)43)19(37)25(54-16)34-12-33-18-22(28)31-11-32-23(18)34/h7,11-13,15-16,19-21,25,35,37-38H,3-6,8-10H2,1-2H3,(H,29,36)(H,30,39)(H,44,45)(H,46,47)(H2,28,31,32)(H2,41,42,43)(H,48,49,50). The Balaban J connectivity index is 1.19. The van der Waals surface area contributed by atoms with Gasteiger partial charge in [-0.2, -0.15) is 12.7 Å². The quantitative estimate of drug-likeness (QED) is 0.0321. The van der Waals surface area contributed by atoms with E-state index in [-0.39, 0.29) is 48.0 Å². The minimum absolute atomic E-state index is 0.00694. The molecule has 0 saturated carbocycles. The minimum Gasteiger partial charge on any atom is -0.486 e. The number of imidazole rings is 1. The highest BCUT2D eigenvalue weighted by atomic mass is 32.3. The monoisotopic (exact) mass is 989 g/mol. The first-order chi connectivity index (χ1) is 28.6. The van der Waals surface area contributed by atoms with Crippen molar-refractivity contribution >= 4 is 79.5 Å². The van der Waals surface area contributed by atoms with E-state index in [2.05, 4.69) is 38.6 Å². The number of anilines is 1. The van der Waals surface area contributed by atoms with Crippen LogP contribution in [0.4, 0.5) is 5.82 Å². The Labute approximate surface area is 353 Å². The minimum atomic E-state index is -5.62. The molecule has 1 fully saturated rings. The van der Waals surface area contributed by atoms with Crippen LogP contribution in [0.25, 0.3) is 11.2 Å². The first kappa shape index (κ1) is 51.6. The molecule has 35 heteroatoms. The fraction of sp³-hybridized carbons (Fsp3) is 0.630. The molecular formula is C27H42N7O23P3S2. The molecule has 0 spiro atoms. The maximum atomic E-state index is 12.7. The average Bonchev–Trinajstić information content (AvgIpc) is 3.71. The summed E-state index contributed by atoms with van der Waals surface area (Å²) in [6, 6.07) is 0. The summed E-state index contributed by atoms with van der Waals surface area (Å²) in [4.78, 5) is 88.0. The van der Waals surface area contributed by atoms with Gasteiger partial charge in [-0.1, -0.05) is 25.6 Å². The molecule has 30 nitrogen and oxygen atoms in total. The fourth-order valence-corrected chi connectivity index (χ4v) is 9.26. The van der Waals surface area contributed by atoms with Crippen LogP contribution in [0.3, 0.4) is 0 Å². The third-order valence-electron chi connectivity index (χ3n) is 8.29. The van der Waals surface area contributed by atoms with Gasteiger partial charge in [-0.05, 0) is 6.08 Å². The number of carbonyl (C=O) groups excluding carboxylic acids is 3. The second kappa shape index (κ2) is 20.8. The molecule has 4 heterocycles. The molecule has 2 aliphatic heterocycles. The van der Waals surface area contributed by atoms with E-state index in [1.54, 1.807) is 0 Å². The van der Waals surface area contributed by atoms with Crippen molar-refractivity contribution in [2.24, 2.45) is 5.41 Å². The lowest BCUT2D eigenvalue weighted by Crippen LogP contribution is -2.46. The number of carbonyl (C=O) groups is 3. The number of nitrogens with two attached hydrogens (primary N) is 1. The van der Waals surface area contributed by atoms with Gasteiger partial charge in [0.2, 0.25) is 11.8 Å². The van der Waals surface area contributed by atoms with Gasteiger partial charge in [0.15, 0.2) is 23.5 Å². The van der Waals surface area contributed by atoms with Crippen LogP contribution in [0.1, 0.15) is 26.5 Å². The van der Waals surface area contributed by atoms with Crippen molar-refractivity contribution in [1.29, 1.82) is 0 Å². The zero-order valence-corrected chi connectivity index (χ0v) is 36.3. The van der Waals surface area contributed by atoms with E-state index in [4.69, 9.17) is 28.8 Å². The maximum absolute atomic E-state index is 12.7. The topological polar surface area (TPSA) is 457 Å². The van der Waals surface area contributed by atoms with E-state index < -0.39 is 119 Å². The summed E-state index contributed by atoms with van der Waals surface area (Å²) in [6.45, 7) is -0.635. The van der Waals surface area contributed by atoms with E-state index in [1.165, 1.54) is 13.8 Å². The number of amides is 2. The van der Waals surface area contributed by atoms with Crippen molar-refractivity contribution < 1.29 is 107 Å². The van der Waals surface area contributed by atoms with E-state index in [0.717, 1.165) is 23.3 Å². The van der Waals surface area contributed by atoms with Crippen LogP contribution >= 0.6 is 35.2 Å². The number of fused-ring (bicyclic) bond motifs is 1. The van der Waals surface area contributed by atoms with Crippen LogP contribution in [0.2, 0.25) is 0 Å². The maximum Gasteiger partial charge on any atom is 0.481 e. The lowest BCUT2D eigenvalue weighted by atomic mass is 9.87. The number of aliphatic hydroxyl groups excluding tert-OH is 3. The van der Waals surface area contributed by atoms with Crippen molar-refractivity contribution in [3.8, 4) is 0 Å². The number of phosphoric acid groups is 3. The lowest BCUT2D eigenvalue weighted by molar-refractivity contribution is -0.137. The number of rotatable bonds is 22. The third kappa shape index (κ3) is 15.0. The average molecular weight is 990 g/mol. The zero-order valence-electron chi connectivity index (χ0n) is 31.9. The molecule has 9 unspecified atom stereocenters. The number of ether oxygens (including phenoxy) is 2. The number of hydrogen-bond donors (Lipinski definition) is 11. The summed E-state index contributed by atoms with van der Waals surface area (Å²) in [7, 11) is -21.4. The molecule has 9 atom stereocenters. The molecule has 4 rings (SSSR count). The Bertz CT molecular complexity index is 2240. The molecule has 1 saturated heterocycles. The van der Waals surface area contributed by atoms with E-state index in [1.807, 2.05) is 0 Å². The molecule has 0 radical (unpaired) electrons. The molecule has 2 amide bonds. The first-order valence-corrected chi connectivity index (χ1v) is 24.2. The Hall–Kier alpha value is -3.07. The number of thioether (sulfide) groups is 1. The highest BCUT2D eigenvalue weighted by molar-refractivity contribution is 8.14. The normalized spacial score (nSPS) is 24.6. The van der Waals surface area contributed by atoms with Crippen LogP contribution in [-0.2, 0) is 70.0 Å². The Morgan fingerprint density at radius 2 is 1.74 bits per heavy atom. The second-order valence-corrected chi connectivity index (χ2v) is 20.0. The number of phosphoric ester groups is 3. The fourth-order valence-electron chi connectivity index (χ4n) is 5.29. The molecule has 0 aromatic carbocycles. The van der Waals surface area contributed by atoms with Crippen LogP contribution < -0.4 is 16.4 Å². The number of nitrogens with zero attached hydrogens (tertiary/aromatic N) is 4. The summed E-state index contributed by atoms with van der Waals surface area (Å²) < 4.78 is 102. The van der Waals surface area contributed by atoms with Gasteiger partial charge in [-0.15, -0.1) is 0 Å². The van der Waals surface area contributed by atoms with Gasteiger partial charge in [0.25, 0.3) is 5.12 Å². The van der Waals surface area contributed by atoms with Gasteiger partial charge in [-0.3, -0.25) is 37.1 Å². The van der Waals surface area contributed by atoms with Gasteiger partial charge < -0.3 is 60.7 Å². The Morgan fingerprint density at radius 3 is 2.39 bits per heavy atom. The number of nitrogens with one attached hydrogen (secondary N) is 2. The van der Waals surface area contributed by atoms with E-state index in [0.29, 0.717) is 11.8 Å². The summed E-state index contributed by atoms with van der Waals surface area (Å²) >= 11 is 0.680. The summed E-state index contributed by atoms with van der Waals surface area (Å²) in [5.74, 6) is -2.00. The molecule has 0 bridgehead atoms. The number of nitrogen functional groups attached to an aromatic ring is 1. The highest BCUT2D eigenvalue weighted by Gasteiger charge is 2.50. The van der Waals surface area contributed by atoms with Crippen molar-refractivity contribution in [2.75, 3.05) is 44.4 Å². The SMILES string of the molecule is CC(C)(COP(=O)(O)OP(=O)(O)OCC1OC(n2cnc3c(N)ncnc32)C(O)C1OP(=O)(O)O)C(O)C(=O)NCCC(=O)NCCSC(=O)C1=CC(O)C(OS(=O)(=O)O)CO1. The number of aromatic nitrogens is 4. The smallest absolute Gasteiger partial charge is 0.481 e. The van der Waals surface area contributed by atoms with Gasteiger partial charge in [-0.25, -0.2) is 32.8 Å². The Kier molecular flexibility index (Phi) is 17.3. The van der Waals surface area contributed by atoms with Crippen molar-refractivity contribution in [3.63, 3.8) is 0 Å². The molecule has 12 N–H and O–H groups in total. The largest absolute Gasteiger partial charge is 0.486 e. The Morgan fingerprint density at radius 1 is 1.06 bits per heavy atom. The van der Waals surface area contributed by atoms with Crippen LogP contribution in [-0.4, -0.2) is 160 Å². The number of hydrogen-bond acceptors (Lipinski definition) is 23. The van der Waals surface area contributed by atoms with Crippen LogP contribution in [0, 0.1) is 5.41 Å². The predicted octanol–water partition coefficient (Wildman–Crippen LogP) is -2.87. The molecule has 2 aliphatic rings. The van der Waals surface area contributed by atoms with Crippen molar-refractivity contribution in [1.82, 2.24) is 30.2 Å². The van der Waals surface area contributed by atoms with Crippen molar-refractivity contribution in [2.45, 2.75) is 63.1 Å². The van der Waals surface area contributed by atoms with Gasteiger partial charge >= 0.3 is 33.9 Å². The van der Waals surface area contributed by atoms with E-state index >= 15 is 0 Å². The molecule has 0 aliphatic carbocycles. The molecule has 2 aromatic rings. The second-order valence-electron chi connectivity index (χ2n) is 13.6. The van der Waals surface area contributed by atoms with Crippen molar-refractivity contribution in [3.05, 3.63) is 24.5 Å². The van der Waals surface area contributed by atoms with Gasteiger partial charge in [0.05, 0.1) is 19.5 Å². The number of aliphatic hydroxyl groups is 3. The van der Waals surface area contributed by atoms with Crippen LogP contribution in [0.15, 0.2) is 24.5 Å². The highest BCUT2D eigenvalue weighted by Crippen LogP contribution is 2.61. The molecule has 350 valence electrons. The predicted molar refractivity (Wildman–Crippen MR) is 204 cm³/mol. The molecule has 62 heavy (non-hydrogen) atoms. The van der Waals surface area contributed by atoms with E-state index in [9.17, 15) is 71.4 Å². The van der Waals surface area contributed by atoms with Gasteiger partial charge in [0.1, 0.15) is 55.1 Å². The summed E-state index contributed by atoms with van der Waals surface area (Å²) in [5.41, 5.74) is 4.13. The lowest BCUT2D eigenvalue weighted by Gasteiger charge is -2.30. The molecule has 2 aromatic heterocycles. The first-order valence-electron chi connectivity index (χ1n) is 17.3. The molecular weight excluding hydrogens is 947 g/mol. The summed E-state index contributed by atoms with van der Waals surface area (Å²) in [6.07, 6.45) is -9.47. The van der Waals surface area contributed by atoms with Crippen LogP contribution in [0.5, 0.6) is 0 Å². The third-order valence-corrected chi connectivity index (χ3v) is 12.7.